The molecular weight excluding hydrogens is 288 g/mol. The summed E-state index contributed by atoms with van der Waals surface area (Å²) in [5, 5.41) is 0. The average molecular weight is 314 g/mol. The quantitative estimate of drug-likeness (QED) is 0.586. The van der Waals surface area contributed by atoms with Crippen LogP contribution >= 0.6 is 0 Å². The monoisotopic (exact) mass is 314 g/mol. The van der Waals surface area contributed by atoms with E-state index in [1.165, 1.54) is 12.8 Å². The van der Waals surface area contributed by atoms with Crippen LogP contribution in [0.1, 0.15) is 46.0 Å². The number of nitrogens with zero attached hydrogens (tertiary/aromatic N) is 2. The molecule has 0 aliphatic rings. The maximum atomic E-state index is 5.71. The zero-order valence-electron chi connectivity index (χ0n) is 14.1. The number of rotatable bonds is 10. The number of ether oxygens (including phenoxy) is 2. The summed E-state index contributed by atoms with van der Waals surface area (Å²) in [7, 11) is 0. The van der Waals surface area contributed by atoms with E-state index in [0.29, 0.717) is 12.4 Å². The fourth-order valence-corrected chi connectivity index (χ4v) is 2.12. The standard InChI is InChI=1S/C19H26N2O2/c1-3-5-7-13-22-17-10-8-16(9-11-17)19-20-14-18(15-21-19)23-12-6-4-2/h8-11,14-15H,3-7,12-13H2,1-2H3. The highest BCUT2D eigenvalue weighted by atomic mass is 16.5. The lowest BCUT2D eigenvalue weighted by molar-refractivity contribution is 0.306. The Balaban J connectivity index is 1.88. The van der Waals surface area contributed by atoms with Crippen molar-refractivity contribution in [3.63, 3.8) is 0 Å². The van der Waals surface area contributed by atoms with Gasteiger partial charge in [-0.2, -0.15) is 0 Å². The molecule has 23 heavy (non-hydrogen) atoms. The molecule has 4 heteroatoms. The molecular formula is C19H26N2O2. The molecule has 0 amide bonds. The minimum absolute atomic E-state index is 0.699. The van der Waals surface area contributed by atoms with E-state index in [4.69, 9.17) is 9.47 Å². The fourth-order valence-electron chi connectivity index (χ4n) is 2.12. The van der Waals surface area contributed by atoms with Crippen LogP contribution in [0.5, 0.6) is 11.5 Å². The van der Waals surface area contributed by atoms with Crippen molar-refractivity contribution < 1.29 is 9.47 Å². The van der Waals surface area contributed by atoms with Crippen LogP contribution in [0, 0.1) is 0 Å². The van der Waals surface area contributed by atoms with E-state index in [1.807, 2.05) is 24.3 Å². The van der Waals surface area contributed by atoms with Gasteiger partial charge < -0.3 is 9.47 Å². The van der Waals surface area contributed by atoms with Crippen LogP contribution in [0.25, 0.3) is 11.4 Å². The molecule has 0 unspecified atom stereocenters. The fraction of sp³-hybridized carbons (Fsp3) is 0.474. The lowest BCUT2D eigenvalue weighted by Crippen LogP contribution is -1.98. The van der Waals surface area contributed by atoms with Gasteiger partial charge in [-0.1, -0.05) is 33.1 Å². The molecule has 4 nitrogen and oxygen atoms in total. The summed E-state index contributed by atoms with van der Waals surface area (Å²) in [5.74, 6) is 2.31. The van der Waals surface area contributed by atoms with Gasteiger partial charge in [0.15, 0.2) is 11.6 Å². The van der Waals surface area contributed by atoms with Gasteiger partial charge in [0.2, 0.25) is 0 Å². The first-order valence-electron chi connectivity index (χ1n) is 8.51. The third-order valence-electron chi connectivity index (χ3n) is 3.52. The van der Waals surface area contributed by atoms with Crippen molar-refractivity contribution in [2.24, 2.45) is 0 Å². The minimum Gasteiger partial charge on any atom is -0.494 e. The molecule has 0 fully saturated rings. The highest BCUT2D eigenvalue weighted by molar-refractivity contribution is 5.56. The van der Waals surface area contributed by atoms with Crippen LogP contribution in [-0.4, -0.2) is 23.2 Å². The number of benzene rings is 1. The second-order valence-corrected chi connectivity index (χ2v) is 5.52. The summed E-state index contributed by atoms with van der Waals surface area (Å²) in [6.45, 7) is 5.81. The van der Waals surface area contributed by atoms with Gasteiger partial charge in [-0.15, -0.1) is 0 Å². The highest BCUT2D eigenvalue weighted by Crippen LogP contribution is 2.20. The summed E-state index contributed by atoms with van der Waals surface area (Å²) in [6.07, 6.45) is 9.13. The van der Waals surface area contributed by atoms with Crippen LogP contribution in [0.2, 0.25) is 0 Å². The second kappa shape index (κ2) is 9.82. The first-order valence-corrected chi connectivity index (χ1v) is 8.51. The Hall–Kier alpha value is -2.10. The summed E-state index contributed by atoms with van der Waals surface area (Å²) >= 11 is 0. The van der Waals surface area contributed by atoms with Gasteiger partial charge in [0.25, 0.3) is 0 Å². The van der Waals surface area contributed by atoms with Gasteiger partial charge in [-0.05, 0) is 37.1 Å². The van der Waals surface area contributed by atoms with Crippen LogP contribution in [0.15, 0.2) is 36.7 Å². The summed E-state index contributed by atoms with van der Waals surface area (Å²) in [5.41, 5.74) is 0.978. The van der Waals surface area contributed by atoms with Crippen LogP contribution in [0.4, 0.5) is 0 Å². The molecule has 2 rings (SSSR count). The molecule has 2 aromatic rings. The van der Waals surface area contributed by atoms with Crippen LogP contribution in [-0.2, 0) is 0 Å². The molecule has 0 aliphatic heterocycles. The molecule has 0 atom stereocenters. The first-order chi connectivity index (χ1) is 11.3. The van der Waals surface area contributed by atoms with Crippen molar-refractivity contribution in [2.45, 2.75) is 46.0 Å². The number of aromatic nitrogens is 2. The van der Waals surface area contributed by atoms with Gasteiger partial charge in [0, 0.05) is 5.56 Å². The van der Waals surface area contributed by atoms with Gasteiger partial charge in [0.05, 0.1) is 25.6 Å². The topological polar surface area (TPSA) is 44.2 Å². The molecule has 0 radical (unpaired) electrons. The van der Waals surface area contributed by atoms with Gasteiger partial charge in [-0.3, -0.25) is 0 Å². The normalized spacial score (nSPS) is 10.5. The van der Waals surface area contributed by atoms with Crippen LogP contribution < -0.4 is 9.47 Å². The Bertz CT molecular complexity index is 553. The Morgan fingerprint density at radius 3 is 2.00 bits per heavy atom. The van der Waals surface area contributed by atoms with E-state index in [0.717, 1.165) is 42.9 Å². The lowest BCUT2D eigenvalue weighted by atomic mass is 10.2. The molecule has 1 aromatic heterocycles. The summed E-state index contributed by atoms with van der Waals surface area (Å²) < 4.78 is 11.3. The van der Waals surface area contributed by atoms with E-state index < -0.39 is 0 Å². The SMILES string of the molecule is CCCCCOc1ccc(-c2ncc(OCCCC)cn2)cc1. The van der Waals surface area contributed by atoms with Crippen molar-refractivity contribution in [1.29, 1.82) is 0 Å². The maximum absolute atomic E-state index is 5.71. The summed E-state index contributed by atoms with van der Waals surface area (Å²) in [4.78, 5) is 8.73. The van der Waals surface area contributed by atoms with Crippen molar-refractivity contribution in [2.75, 3.05) is 13.2 Å². The average Bonchev–Trinajstić information content (AvgIpc) is 2.60. The second-order valence-electron chi connectivity index (χ2n) is 5.52. The minimum atomic E-state index is 0.699. The van der Waals surface area contributed by atoms with Crippen molar-refractivity contribution in [3.8, 4) is 22.9 Å². The van der Waals surface area contributed by atoms with Crippen molar-refractivity contribution in [1.82, 2.24) is 9.97 Å². The molecule has 0 bridgehead atoms. The van der Waals surface area contributed by atoms with Crippen LogP contribution in [0.3, 0.4) is 0 Å². The molecule has 0 N–H and O–H groups in total. The molecule has 124 valence electrons. The molecule has 1 aromatic carbocycles. The third kappa shape index (κ3) is 5.89. The summed E-state index contributed by atoms with van der Waals surface area (Å²) in [6, 6.07) is 7.91. The van der Waals surface area contributed by atoms with Crippen molar-refractivity contribution in [3.05, 3.63) is 36.7 Å². The third-order valence-corrected chi connectivity index (χ3v) is 3.52. The van der Waals surface area contributed by atoms with Gasteiger partial charge >= 0.3 is 0 Å². The Labute approximate surface area is 138 Å². The zero-order valence-corrected chi connectivity index (χ0v) is 14.1. The van der Waals surface area contributed by atoms with E-state index >= 15 is 0 Å². The maximum Gasteiger partial charge on any atom is 0.159 e. The van der Waals surface area contributed by atoms with Gasteiger partial charge in [-0.25, -0.2) is 9.97 Å². The van der Waals surface area contributed by atoms with E-state index in [1.54, 1.807) is 12.4 Å². The van der Waals surface area contributed by atoms with E-state index in [2.05, 4.69) is 23.8 Å². The van der Waals surface area contributed by atoms with Crippen molar-refractivity contribution >= 4 is 0 Å². The predicted molar refractivity (Wildman–Crippen MR) is 92.9 cm³/mol. The van der Waals surface area contributed by atoms with E-state index in [-0.39, 0.29) is 0 Å². The van der Waals surface area contributed by atoms with Gasteiger partial charge in [0.1, 0.15) is 5.75 Å². The molecule has 0 saturated carbocycles. The van der Waals surface area contributed by atoms with E-state index in [9.17, 15) is 0 Å². The lowest BCUT2D eigenvalue weighted by Gasteiger charge is -2.07. The number of hydrogen-bond acceptors (Lipinski definition) is 4. The largest absolute Gasteiger partial charge is 0.494 e. The predicted octanol–water partition coefficient (Wildman–Crippen LogP) is 4.89. The first kappa shape index (κ1) is 17.3. The molecule has 0 spiro atoms. The zero-order chi connectivity index (χ0) is 16.3. The molecule has 1 heterocycles. The Morgan fingerprint density at radius 2 is 1.35 bits per heavy atom. The smallest absolute Gasteiger partial charge is 0.159 e. The number of hydrogen-bond donors (Lipinski definition) is 0. The number of unbranched alkanes of at least 4 members (excludes halogenated alkanes) is 3. The Kier molecular flexibility index (Phi) is 7.37. The molecule has 0 aliphatic carbocycles. The molecule has 0 saturated heterocycles. The highest BCUT2D eigenvalue weighted by Gasteiger charge is 2.03. The Morgan fingerprint density at radius 1 is 0.739 bits per heavy atom.